The number of aldehydes is 1. The average Bonchev–Trinajstić information content (AvgIpc) is 2.29. The van der Waals surface area contributed by atoms with E-state index < -0.39 is 0 Å². The maximum atomic E-state index is 10.3. The minimum atomic E-state index is -0.0911. The van der Waals surface area contributed by atoms with Crippen LogP contribution in [0, 0.1) is 0 Å². The van der Waals surface area contributed by atoms with E-state index in [1.807, 2.05) is 37.3 Å². The number of hydrogen-bond donors (Lipinski definition) is 0. The summed E-state index contributed by atoms with van der Waals surface area (Å²) in [5.74, 6) is 0.773. The third-order valence-electron chi connectivity index (χ3n) is 2.34. The number of carbonyl (C=O) groups excluding carboxylic acids is 1. The van der Waals surface area contributed by atoms with Crippen LogP contribution >= 0.6 is 0 Å². The van der Waals surface area contributed by atoms with E-state index in [0.717, 1.165) is 22.9 Å². The Labute approximate surface area is 94.1 Å². The minimum absolute atomic E-state index is 0.0911. The fourth-order valence-electron chi connectivity index (χ4n) is 1.54. The number of pyridine rings is 1. The Morgan fingerprint density at radius 1 is 1.44 bits per heavy atom. The molecule has 1 unspecified atom stereocenters. The lowest BCUT2D eigenvalue weighted by Gasteiger charge is -2.12. The number of ether oxygens (including phenoxy) is 1. The van der Waals surface area contributed by atoms with Gasteiger partial charge < -0.3 is 9.53 Å². The lowest BCUT2D eigenvalue weighted by molar-refractivity contribution is -0.109. The Morgan fingerprint density at radius 3 is 3.12 bits per heavy atom. The summed E-state index contributed by atoms with van der Waals surface area (Å²) in [4.78, 5) is 14.6. The summed E-state index contributed by atoms with van der Waals surface area (Å²) in [5.41, 5.74) is 0.942. The topological polar surface area (TPSA) is 39.2 Å². The highest BCUT2D eigenvalue weighted by Crippen LogP contribution is 2.20. The van der Waals surface area contributed by atoms with E-state index in [0.29, 0.717) is 6.42 Å². The van der Waals surface area contributed by atoms with Crippen LogP contribution in [0.25, 0.3) is 10.9 Å². The zero-order chi connectivity index (χ0) is 11.4. The molecule has 1 atom stereocenters. The number of hydrogen-bond acceptors (Lipinski definition) is 3. The van der Waals surface area contributed by atoms with Gasteiger partial charge in [0.25, 0.3) is 0 Å². The number of aromatic nitrogens is 1. The van der Waals surface area contributed by atoms with Gasteiger partial charge in [-0.1, -0.05) is 6.07 Å². The molecule has 0 radical (unpaired) electrons. The third kappa shape index (κ3) is 2.37. The molecule has 0 saturated heterocycles. The highest BCUT2D eigenvalue weighted by molar-refractivity contribution is 5.79. The van der Waals surface area contributed by atoms with Gasteiger partial charge in [-0.3, -0.25) is 4.98 Å². The SMILES string of the molecule is CC(CC=O)Oc1ccc2ncccc2c1. The smallest absolute Gasteiger partial charge is 0.123 e. The number of fused-ring (bicyclic) bond motifs is 1. The minimum Gasteiger partial charge on any atom is -0.490 e. The molecular formula is C13H13NO2. The van der Waals surface area contributed by atoms with E-state index in [1.54, 1.807) is 6.20 Å². The lowest BCUT2D eigenvalue weighted by Crippen LogP contribution is -2.11. The van der Waals surface area contributed by atoms with Gasteiger partial charge in [-0.2, -0.15) is 0 Å². The van der Waals surface area contributed by atoms with Crippen molar-refractivity contribution in [3.05, 3.63) is 36.5 Å². The molecule has 0 N–H and O–H groups in total. The van der Waals surface area contributed by atoms with Crippen molar-refractivity contribution in [3.8, 4) is 5.75 Å². The molecule has 0 saturated carbocycles. The molecule has 1 aromatic carbocycles. The van der Waals surface area contributed by atoms with Gasteiger partial charge >= 0.3 is 0 Å². The number of benzene rings is 1. The molecule has 0 aliphatic carbocycles. The molecule has 1 heterocycles. The molecule has 3 nitrogen and oxygen atoms in total. The second-order valence-electron chi connectivity index (χ2n) is 3.69. The maximum Gasteiger partial charge on any atom is 0.123 e. The van der Waals surface area contributed by atoms with Crippen molar-refractivity contribution in [3.63, 3.8) is 0 Å². The van der Waals surface area contributed by atoms with Gasteiger partial charge in [0.2, 0.25) is 0 Å². The van der Waals surface area contributed by atoms with Crippen LogP contribution < -0.4 is 4.74 Å². The molecule has 0 amide bonds. The van der Waals surface area contributed by atoms with Gasteiger partial charge in [-0.25, -0.2) is 0 Å². The Kier molecular flexibility index (Phi) is 3.15. The van der Waals surface area contributed by atoms with Crippen molar-refractivity contribution >= 4 is 17.2 Å². The summed E-state index contributed by atoms with van der Waals surface area (Å²) in [6, 6.07) is 9.60. The number of rotatable bonds is 4. The first-order chi connectivity index (χ1) is 7.79. The zero-order valence-electron chi connectivity index (χ0n) is 9.09. The monoisotopic (exact) mass is 215 g/mol. The molecule has 0 aliphatic rings. The van der Waals surface area contributed by atoms with Gasteiger partial charge in [0.05, 0.1) is 5.52 Å². The summed E-state index contributed by atoms with van der Waals surface area (Å²) in [6.07, 6.45) is 2.95. The molecular weight excluding hydrogens is 202 g/mol. The van der Waals surface area contributed by atoms with Crippen LogP contribution in [0.15, 0.2) is 36.5 Å². The van der Waals surface area contributed by atoms with Crippen LogP contribution in [0.3, 0.4) is 0 Å². The van der Waals surface area contributed by atoms with Crippen molar-refractivity contribution in [1.29, 1.82) is 0 Å². The van der Waals surface area contributed by atoms with E-state index in [1.165, 1.54) is 0 Å². The zero-order valence-corrected chi connectivity index (χ0v) is 9.09. The van der Waals surface area contributed by atoms with Gasteiger partial charge in [-0.15, -0.1) is 0 Å². The summed E-state index contributed by atoms with van der Waals surface area (Å²) in [6.45, 7) is 1.88. The van der Waals surface area contributed by atoms with E-state index >= 15 is 0 Å². The molecule has 0 spiro atoms. The Hall–Kier alpha value is -1.90. The molecule has 0 aliphatic heterocycles. The van der Waals surface area contributed by atoms with E-state index in [4.69, 9.17) is 4.74 Å². The van der Waals surface area contributed by atoms with Gasteiger partial charge in [0, 0.05) is 18.0 Å². The van der Waals surface area contributed by atoms with E-state index in [9.17, 15) is 4.79 Å². The molecule has 0 fully saturated rings. The number of nitrogens with zero attached hydrogens (tertiary/aromatic N) is 1. The van der Waals surface area contributed by atoms with Crippen LogP contribution in [0.1, 0.15) is 13.3 Å². The Morgan fingerprint density at radius 2 is 2.31 bits per heavy atom. The van der Waals surface area contributed by atoms with Crippen molar-refractivity contribution in [2.45, 2.75) is 19.4 Å². The van der Waals surface area contributed by atoms with E-state index in [2.05, 4.69) is 4.98 Å². The molecule has 1 aromatic heterocycles. The highest BCUT2D eigenvalue weighted by atomic mass is 16.5. The lowest BCUT2D eigenvalue weighted by atomic mass is 10.2. The van der Waals surface area contributed by atoms with Crippen LogP contribution in [0.4, 0.5) is 0 Å². The molecule has 3 heteroatoms. The van der Waals surface area contributed by atoms with Crippen molar-refractivity contribution in [2.75, 3.05) is 0 Å². The quantitative estimate of drug-likeness (QED) is 0.736. The molecule has 82 valence electrons. The van der Waals surface area contributed by atoms with E-state index in [-0.39, 0.29) is 6.10 Å². The van der Waals surface area contributed by atoms with Crippen LogP contribution in [-0.4, -0.2) is 17.4 Å². The fourth-order valence-corrected chi connectivity index (χ4v) is 1.54. The van der Waals surface area contributed by atoms with Crippen LogP contribution in [-0.2, 0) is 4.79 Å². The van der Waals surface area contributed by atoms with Crippen LogP contribution in [0.5, 0.6) is 5.75 Å². The van der Waals surface area contributed by atoms with Gasteiger partial charge in [0.1, 0.15) is 18.1 Å². The average molecular weight is 215 g/mol. The largest absolute Gasteiger partial charge is 0.490 e. The normalized spacial score (nSPS) is 12.3. The fraction of sp³-hybridized carbons (Fsp3) is 0.231. The first kappa shape index (κ1) is 10.6. The second-order valence-corrected chi connectivity index (χ2v) is 3.69. The summed E-state index contributed by atoms with van der Waals surface area (Å²) >= 11 is 0. The van der Waals surface area contributed by atoms with Crippen molar-refractivity contribution < 1.29 is 9.53 Å². The van der Waals surface area contributed by atoms with Crippen molar-refractivity contribution in [2.24, 2.45) is 0 Å². The predicted octanol–water partition coefficient (Wildman–Crippen LogP) is 2.59. The van der Waals surface area contributed by atoms with Gasteiger partial charge in [0.15, 0.2) is 0 Å². The predicted molar refractivity (Wildman–Crippen MR) is 62.5 cm³/mol. The van der Waals surface area contributed by atoms with Gasteiger partial charge in [-0.05, 0) is 31.2 Å². The maximum absolute atomic E-state index is 10.3. The molecule has 0 bridgehead atoms. The number of carbonyl (C=O) groups is 1. The highest BCUT2D eigenvalue weighted by Gasteiger charge is 2.03. The Balaban J connectivity index is 2.22. The summed E-state index contributed by atoms with van der Waals surface area (Å²) < 4.78 is 5.60. The first-order valence-electron chi connectivity index (χ1n) is 5.24. The molecule has 2 rings (SSSR count). The molecule has 2 aromatic rings. The second kappa shape index (κ2) is 4.75. The standard InChI is InChI=1S/C13H13NO2/c1-10(6-8-15)16-12-4-5-13-11(9-12)3-2-7-14-13/h2-5,7-10H,6H2,1H3. The third-order valence-corrected chi connectivity index (χ3v) is 2.34. The van der Waals surface area contributed by atoms with Crippen LogP contribution in [0.2, 0.25) is 0 Å². The summed E-state index contributed by atoms with van der Waals surface area (Å²) in [5, 5.41) is 1.04. The Bertz CT molecular complexity index is 496. The summed E-state index contributed by atoms with van der Waals surface area (Å²) in [7, 11) is 0. The van der Waals surface area contributed by atoms with Crippen molar-refractivity contribution in [1.82, 2.24) is 4.98 Å². The molecule has 16 heavy (non-hydrogen) atoms. The first-order valence-corrected chi connectivity index (χ1v) is 5.24.